The number of hydrogen-bond donors (Lipinski definition) is 0. The maximum Gasteiger partial charge on any atom is 0.416 e. The Labute approximate surface area is 119 Å². The summed E-state index contributed by atoms with van der Waals surface area (Å²) in [6.45, 7) is 1.54. The van der Waals surface area contributed by atoms with Crippen LogP contribution in [-0.4, -0.2) is 0 Å². The zero-order valence-corrected chi connectivity index (χ0v) is 11.3. The van der Waals surface area contributed by atoms with E-state index in [2.05, 4.69) is 0 Å². The van der Waals surface area contributed by atoms with E-state index in [1.165, 1.54) is 43.3 Å². The van der Waals surface area contributed by atoms with E-state index in [9.17, 15) is 17.6 Å². The molecular weight excluding hydrogens is 292 g/mol. The lowest BCUT2D eigenvalue weighted by Gasteiger charge is -2.17. The van der Waals surface area contributed by atoms with Crippen LogP contribution in [0.1, 0.15) is 27.6 Å². The maximum atomic E-state index is 13.2. The molecule has 5 heteroatoms. The molecule has 1 atom stereocenters. The first kappa shape index (κ1) is 14.9. The van der Waals surface area contributed by atoms with Gasteiger partial charge in [-0.05, 0) is 35.7 Å². The second-order valence-electron chi connectivity index (χ2n) is 4.46. The molecule has 0 aliphatic rings. The third-order valence-corrected chi connectivity index (χ3v) is 3.50. The van der Waals surface area contributed by atoms with Gasteiger partial charge in [-0.1, -0.05) is 30.3 Å². The van der Waals surface area contributed by atoms with Gasteiger partial charge in [-0.3, -0.25) is 0 Å². The molecule has 2 aromatic carbocycles. The summed E-state index contributed by atoms with van der Waals surface area (Å²) < 4.78 is 52.1. The number of halogens is 5. The van der Waals surface area contributed by atoms with Gasteiger partial charge in [-0.25, -0.2) is 4.39 Å². The average Bonchev–Trinajstić information content (AvgIpc) is 2.40. The molecular formula is C15H11ClF4. The molecule has 1 unspecified atom stereocenters. The Bertz CT molecular complexity index is 620. The molecule has 0 fully saturated rings. The van der Waals surface area contributed by atoms with Crippen LogP contribution in [0.5, 0.6) is 0 Å². The highest BCUT2D eigenvalue weighted by Gasteiger charge is 2.34. The van der Waals surface area contributed by atoms with Crippen molar-refractivity contribution >= 4 is 11.6 Å². The Morgan fingerprint density at radius 2 is 1.70 bits per heavy atom. The van der Waals surface area contributed by atoms with Gasteiger partial charge in [-0.2, -0.15) is 13.2 Å². The Balaban J connectivity index is 2.48. The molecule has 0 saturated heterocycles. The molecule has 2 rings (SSSR count). The third kappa shape index (κ3) is 2.96. The van der Waals surface area contributed by atoms with Gasteiger partial charge in [0.2, 0.25) is 0 Å². The zero-order chi connectivity index (χ0) is 14.9. The monoisotopic (exact) mass is 302 g/mol. The second kappa shape index (κ2) is 5.44. The van der Waals surface area contributed by atoms with Crippen molar-refractivity contribution < 1.29 is 17.6 Å². The predicted molar refractivity (Wildman–Crippen MR) is 70.3 cm³/mol. The van der Waals surface area contributed by atoms with E-state index in [0.29, 0.717) is 11.1 Å². The Morgan fingerprint density at radius 1 is 1.05 bits per heavy atom. The summed E-state index contributed by atoms with van der Waals surface area (Å²) in [6, 6.07) is 9.19. The molecule has 0 saturated carbocycles. The van der Waals surface area contributed by atoms with Gasteiger partial charge in [0.05, 0.1) is 10.9 Å². The molecule has 0 aliphatic heterocycles. The molecule has 0 bridgehead atoms. The minimum absolute atomic E-state index is 0.0346. The topological polar surface area (TPSA) is 0 Å². The van der Waals surface area contributed by atoms with Crippen molar-refractivity contribution in [2.45, 2.75) is 18.5 Å². The molecule has 0 aliphatic carbocycles. The number of aryl methyl sites for hydroxylation is 1. The van der Waals surface area contributed by atoms with Crippen LogP contribution in [0.25, 0.3) is 0 Å². The number of alkyl halides is 4. The minimum Gasteiger partial charge on any atom is -0.207 e. The van der Waals surface area contributed by atoms with E-state index in [4.69, 9.17) is 11.6 Å². The van der Waals surface area contributed by atoms with Gasteiger partial charge in [0.25, 0.3) is 0 Å². The minimum atomic E-state index is -4.47. The lowest BCUT2D eigenvalue weighted by atomic mass is 9.98. The molecule has 0 aromatic heterocycles. The van der Waals surface area contributed by atoms with Crippen LogP contribution in [0.3, 0.4) is 0 Å². The molecule has 2 aromatic rings. The van der Waals surface area contributed by atoms with Crippen LogP contribution in [0.4, 0.5) is 17.6 Å². The average molecular weight is 303 g/mol. The molecule has 20 heavy (non-hydrogen) atoms. The van der Waals surface area contributed by atoms with E-state index in [1.807, 2.05) is 0 Å². The van der Waals surface area contributed by atoms with Crippen LogP contribution in [0.15, 0.2) is 42.5 Å². The van der Waals surface area contributed by atoms with Crippen LogP contribution in [-0.2, 0) is 6.18 Å². The van der Waals surface area contributed by atoms with E-state index in [1.54, 1.807) is 0 Å². The summed E-state index contributed by atoms with van der Waals surface area (Å²) in [5, 5.41) is -0.980. The van der Waals surface area contributed by atoms with Crippen molar-refractivity contribution in [3.8, 4) is 0 Å². The molecule has 106 valence electrons. The van der Waals surface area contributed by atoms with Gasteiger partial charge < -0.3 is 0 Å². The summed E-state index contributed by atoms with van der Waals surface area (Å²) in [4.78, 5) is 0. The quantitative estimate of drug-likeness (QED) is 0.509. The largest absolute Gasteiger partial charge is 0.416 e. The standard InChI is InChI=1S/C15H11ClF4/c1-9-8-10(6-7-13(9)17)14(16)11-4-2-3-5-12(11)15(18,19)20/h2-8,14H,1H3. The van der Waals surface area contributed by atoms with E-state index in [0.717, 1.165) is 6.07 Å². The highest BCUT2D eigenvalue weighted by molar-refractivity contribution is 6.22. The Hall–Kier alpha value is -1.55. The molecule has 0 nitrogen and oxygen atoms in total. The number of benzene rings is 2. The summed E-state index contributed by atoms with van der Waals surface area (Å²) in [6.07, 6.45) is -4.47. The molecule has 0 amide bonds. The highest BCUT2D eigenvalue weighted by atomic mass is 35.5. The zero-order valence-electron chi connectivity index (χ0n) is 10.5. The van der Waals surface area contributed by atoms with Gasteiger partial charge >= 0.3 is 6.18 Å². The first-order chi connectivity index (χ1) is 9.30. The summed E-state index contributed by atoms with van der Waals surface area (Å²) in [5.74, 6) is -0.415. The first-order valence-electron chi connectivity index (χ1n) is 5.87. The van der Waals surface area contributed by atoms with E-state index >= 15 is 0 Å². The lowest BCUT2D eigenvalue weighted by Crippen LogP contribution is -2.10. The lowest BCUT2D eigenvalue weighted by molar-refractivity contribution is -0.138. The van der Waals surface area contributed by atoms with Gasteiger partial charge in [0.15, 0.2) is 0 Å². The van der Waals surface area contributed by atoms with Crippen LogP contribution >= 0.6 is 11.6 Å². The summed E-state index contributed by atoms with van der Waals surface area (Å²) in [7, 11) is 0. The van der Waals surface area contributed by atoms with E-state index in [-0.39, 0.29) is 5.56 Å². The normalized spacial score (nSPS) is 13.3. The number of rotatable bonds is 2. The first-order valence-corrected chi connectivity index (χ1v) is 6.30. The SMILES string of the molecule is Cc1cc(C(Cl)c2ccccc2C(F)(F)F)ccc1F. The van der Waals surface area contributed by atoms with Crippen molar-refractivity contribution in [2.75, 3.05) is 0 Å². The van der Waals surface area contributed by atoms with Crippen molar-refractivity contribution in [1.82, 2.24) is 0 Å². The van der Waals surface area contributed by atoms with Crippen molar-refractivity contribution in [2.24, 2.45) is 0 Å². The van der Waals surface area contributed by atoms with Crippen LogP contribution in [0, 0.1) is 12.7 Å². The van der Waals surface area contributed by atoms with Crippen LogP contribution in [0.2, 0.25) is 0 Å². The Morgan fingerprint density at radius 3 is 2.30 bits per heavy atom. The van der Waals surface area contributed by atoms with Gasteiger partial charge in [0, 0.05) is 0 Å². The smallest absolute Gasteiger partial charge is 0.207 e. The fraction of sp³-hybridized carbons (Fsp3) is 0.200. The third-order valence-electron chi connectivity index (χ3n) is 3.01. The fourth-order valence-electron chi connectivity index (χ4n) is 1.98. The molecule has 0 spiro atoms. The molecule has 0 N–H and O–H groups in total. The second-order valence-corrected chi connectivity index (χ2v) is 4.89. The van der Waals surface area contributed by atoms with Crippen molar-refractivity contribution in [3.05, 3.63) is 70.5 Å². The molecule has 0 heterocycles. The van der Waals surface area contributed by atoms with Crippen molar-refractivity contribution in [1.29, 1.82) is 0 Å². The van der Waals surface area contributed by atoms with Gasteiger partial charge in [0.1, 0.15) is 5.82 Å². The predicted octanol–water partition coefficient (Wildman–Crippen LogP) is 5.48. The van der Waals surface area contributed by atoms with Gasteiger partial charge in [-0.15, -0.1) is 11.6 Å². The van der Waals surface area contributed by atoms with Crippen molar-refractivity contribution in [3.63, 3.8) is 0 Å². The highest BCUT2D eigenvalue weighted by Crippen LogP contribution is 2.39. The van der Waals surface area contributed by atoms with E-state index < -0.39 is 22.9 Å². The van der Waals surface area contributed by atoms with Crippen LogP contribution < -0.4 is 0 Å². The number of hydrogen-bond acceptors (Lipinski definition) is 0. The Kier molecular flexibility index (Phi) is 4.04. The summed E-state index contributed by atoms with van der Waals surface area (Å²) in [5.41, 5.74) is -0.0328. The fourth-order valence-corrected chi connectivity index (χ4v) is 2.31. The summed E-state index contributed by atoms with van der Waals surface area (Å²) >= 11 is 6.14. The molecule has 0 radical (unpaired) electrons. The maximum absolute atomic E-state index is 13.2.